The summed E-state index contributed by atoms with van der Waals surface area (Å²) in [5, 5.41) is 3.21. The average Bonchev–Trinajstić information content (AvgIpc) is 3.13. The molecule has 0 aliphatic carbocycles. The van der Waals surface area contributed by atoms with E-state index in [9.17, 15) is 13.2 Å². The summed E-state index contributed by atoms with van der Waals surface area (Å²) in [5.41, 5.74) is 0.370. The van der Waals surface area contributed by atoms with Crippen molar-refractivity contribution in [3.63, 3.8) is 0 Å². The number of sulfonamides is 1. The molecule has 1 aromatic heterocycles. The summed E-state index contributed by atoms with van der Waals surface area (Å²) in [6.07, 6.45) is 3.10. The third kappa shape index (κ3) is 4.11. The number of aryl methyl sites for hydroxylation is 1. The van der Waals surface area contributed by atoms with Gasteiger partial charge in [-0.3, -0.25) is 4.79 Å². The van der Waals surface area contributed by atoms with Crippen molar-refractivity contribution >= 4 is 28.3 Å². The summed E-state index contributed by atoms with van der Waals surface area (Å²) in [7, 11) is 1.39. The van der Waals surface area contributed by atoms with Gasteiger partial charge >= 0.3 is 0 Å². The van der Waals surface area contributed by atoms with E-state index in [1.165, 1.54) is 17.2 Å². The van der Waals surface area contributed by atoms with Crippen LogP contribution in [0.3, 0.4) is 0 Å². The summed E-state index contributed by atoms with van der Waals surface area (Å²) >= 11 is 0. The van der Waals surface area contributed by atoms with Crippen LogP contribution < -0.4 is 5.32 Å². The lowest BCUT2D eigenvalue weighted by atomic mass is 10.2. The number of carbonyl (C=O) groups excluding carboxylic acids is 1. The quantitative estimate of drug-likeness (QED) is 0.798. The molecule has 1 fully saturated rings. The van der Waals surface area contributed by atoms with E-state index in [2.05, 4.69) is 5.32 Å². The van der Waals surface area contributed by atoms with Gasteiger partial charge in [-0.15, -0.1) is 12.4 Å². The van der Waals surface area contributed by atoms with Crippen LogP contribution in [0.5, 0.6) is 0 Å². The molecule has 1 aliphatic rings. The first-order valence-electron chi connectivity index (χ1n) is 7.89. The maximum atomic E-state index is 13.0. The standard InChI is InChI=1S/C15H26N4O3S.ClH/c1-5-8-19(12-6-7-16-10-12)23(21,22)13-9-14(18(4)11-13)15(20)17(2)3;/h9,11-12,16H,5-8,10H2,1-4H3;1H. The van der Waals surface area contributed by atoms with Crippen LogP contribution in [-0.2, 0) is 17.1 Å². The Labute approximate surface area is 150 Å². The minimum absolute atomic E-state index is 0. The molecule has 1 aliphatic heterocycles. The maximum Gasteiger partial charge on any atom is 0.269 e. The van der Waals surface area contributed by atoms with Crippen molar-refractivity contribution < 1.29 is 13.2 Å². The highest BCUT2D eigenvalue weighted by molar-refractivity contribution is 7.89. The first kappa shape index (κ1) is 21.0. The Morgan fingerprint density at radius 1 is 1.42 bits per heavy atom. The molecule has 0 aromatic carbocycles. The minimum atomic E-state index is -3.61. The minimum Gasteiger partial charge on any atom is -0.345 e. The molecule has 2 rings (SSSR count). The zero-order valence-corrected chi connectivity index (χ0v) is 16.3. The van der Waals surface area contributed by atoms with Crippen molar-refractivity contribution in [2.45, 2.75) is 30.7 Å². The van der Waals surface area contributed by atoms with E-state index < -0.39 is 10.0 Å². The van der Waals surface area contributed by atoms with Crippen LogP contribution in [0.25, 0.3) is 0 Å². The molecule has 138 valence electrons. The van der Waals surface area contributed by atoms with E-state index in [4.69, 9.17) is 0 Å². The Kier molecular flexibility index (Phi) is 7.27. The summed E-state index contributed by atoms with van der Waals surface area (Å²) in [6.45, 7) is 3.96. The van der Waals surface area contributed by atoms with Gasteiger partial charge in [-0.25, -0.2) is 8.42 Å². The molecule has 1 amide bonds. The van der Waals surface area contributed by atoms with Gasteiger partial charge in [0.1, 0.15) is 10.6 Å². The molecule has 1 N–H and O–H groups in total. The predicted molar refractivity (Wildman–Crippen MR) is 96.1 cm³/mol. The van der Waals surface area contributed by atoms with Gasteiger partial charge in [-0.2, -0.15) is 4.31 Å². The van der Waals surface area contributed by atoms with Gasteiger partial charge in [0.25, 0.3) is 5.91 Å². The fraction of sp³-hybridized carbons (Fsp3) is 0.667. The number of amides is 1. The Morgan fingerprint density at radius 3 is 2.58 bits per heavy atom. The molecule has 0 bridgehead atoms. The van der Waals surface area contributed by atoms with Crippen LogP contribution in [0.1, 0.15) is 30.3 Å². The molecule has 0 saturated carbocycles. The Hall–Kier alpha value is -1.09. The smallest absolute Gasteiger partial charge is 0.269 e. The summed E-state index contributed by atoms with van der Waals surface area (Å²) < 4.78 is 29.2. The number of halogens is 1. The summed E-state index contributed by atoms with van der Waals surface area (Å²) in [5.74, 6) is -0.210. The average molecular weight is 379 g/mol. The Bertz CT molecular complexity index is 666. The van der Waals surface area contributed by atoms with Crippen molar-refractivity contribution in [3.8, 4) is 0 Å². The highest BCUT2D eigenvalue weighted by Gasteiger charge is 2.34. The first-order chi connectivity index (χ1) is 10.8. The van der Waals surface area contributed by atoms with Crippen LogP contribution >= 0.6 is 12.4 Å². The summed E-state index contributed by atoms with van der Waals surface area (Å²) in [6, 6.07) is 1.45. The molecule has 9 heteroatoms. The van der Waals surface area contributed by atoms with E-state index in [1.807, 2.05) is 6.92 Å². The lowest BCUT2D eigenvalue weighted by Gasteiger charge is -2.26. The third-order valence-electron chi connectivity index (χ3n) is 4.10. The van der Waals surface area contributed by atoms with Crippen LogP contribution in [-0.4, -0.2) is 67.9 Å². The summed E-state index contributed by atoms with van der Waals surface area (Å²) in [4.78, 5) is 13.8. The fourth-order valence-electron chi connectivity index (χ4n) is 2.86. The SMILES string of the molecule is CCCN(C1CCNC1)S(=O)(=O)c1cc(C(=O)N(C)C)n(C)c1.Cl. The molecular formula is C15H27ClN4O3S. The van der Waals surface area contributed by atoms with Crippen molar-refractivity contribution in [2.24, 2.45) is 7.05 Å². The molecular weight excluding hydrogens is 352 g/mol. The predicted octanol–water partition coefficient (Wildman–Crippen LogP) is 0.911. The lowest BCUT2D eigenvalue weighted by Crippen LogP contribution is -2.41. The van der Waals surface area contributed by atoms with Crippen LogP contribution in [0, 0.1) is 0 Å². The Morgan fingerprint density at radius 2 is 2.08 bits per heavy atom. The van der Waals surface area contributed by atoms with Gasteiger partial charge in [0.15, 0.2) is 0 Å². The van der Waals surface area contributed by atoms with Crippen molar-refractivity contribution in [1.82, 2.24) is 19.1 Å². The number of nitrogens with one attached hydrogen (secondary N) is 1. The van der Waals surface area contributed by atoms with Gasteiger partial charge in [-0.05, 0) is 25.5 Å². The second-order valence-electron chi connectivity index (χ2n) is 6.13. The largest absolute Gasteiger partial charge is 0.345 e. The van der Waals surface area contributed by atoms with E-state index in [0.29, 0.717) is 18.8 Å². The van der Waals surface area contributed by atoms with Gasteiger partial charge in [0.2, 0.25) is 10.0 Å². The van der Waals surface area contributed by atoms with Gasteiger partial charge in [0, 0.05) is 46.5 Å². The molecule has 1 aromatic rings. The number of hydrogen-bond donors (Lipinski definition) is 1. The molecule has 1 saturated heterocycles. The van der Waals surface area contributed by atoms with Crippen molar-refractivity contribution in [1.29, 1.82) is 0 Å². The van der Waals surface area contributed by atoms with E-state index in [1.54, 1.807) is 30.0 Å². The molecule has 0 spiro atoms. The number of aromatic nitrogens is 1. The van der Waals surface area contributed by atoms with Gasteiger partial charge < -0.3 is 14.8 Å². The van der Waals surface area contributed by atoms with E-state index in [-0.39, 0.29) is 29.3 Å². The number of rotatable bonds is 6. The molecule has 1 atom stereocenters. The lowest BCUT2D eigenvalue weighted by molar-refractivity contribution is 0.0818. The zero-order valence-electron chi connectivity index (χ0n) is 14.7. The van der Waals surface area contributed by atoms with Gasteiger partial charge in [-0.1, -0.05) is 6.92 Å². The Balaban J connectivity index is 0.00000288. The monoisotopic (exact) mass is 378 g/mol. The van der Waals surface area contributed by atoms with Crippen molar-refractivity contribution in [3.05, 3.63) is 18.0 Å². The molecule has 2 heterocycles. The number of nitrogens with zero attached hydrogens (tertiary/aromatic N) is 3. The normalized spacial score (nSPS) is 17.8. The maximum absolute atomic E-state index is 13.0. The van der Waals surface area contributed by atoms with Crippen LogP contribution in [0.15, 0.2) is 17.2 Å². The van der Waals surface area contributed by atoms with Gasteiger partial charge in [0.05, 0.1) is 0 Å². The second kappa shape index (κ2) is 8.33. The zero-order chi connectivity index (χ0) is 17.2. The van der Waals surface area contributed by atoms with Crippen molar-refractivity contribution in [2.75, 3.05) is 33.7 Å². The molecule has 7 nitrogen and oxygen atoms in total. The molecule has 0 radical (unpaired) electrons. The second-order valence-corrected chi connectivity index (χ2v) is 8.02. The topological polar surface area (TPSA) is 74.7 Å². The number of carbonyl (C=O) groups is 1. The molecule has 24 heavy (non-hydrogen) atoms. The van der Waals surface area contributed by atoms with E-state index >= 15 is 0 Å². The van der Waals surface area contributed by atoms with Crippen LogP contribution in [0.2, 0.25) is 0 Å². The first-order valence-corrected chi connectivity index (χ1v) is 9.33. The third-order valence-corrected chi connectivity index (χ3v) is 6.01. The van der Waals surface area contributed by atoms with E-state index in [0.717, 1.165) is 19.4 Å². The van der Waals surface area contributed by atoms with Crippen LogP contribution in [0.4, 0.5) is 0 Å². The fourth-order valence-corrected chi connectivity index (χ4v) is 4.68. The highest BCUT2D eigenvalue weighted by atomic mass is 35.5. The molecule has 1 unspecified atom stereocenters. The highest BCUT2D eigenvalue weighted by Crippen LogP contribution is 2.23. The number of hydrogen-bond acceptors (Lipinski definition) is 4.